The molecular formula is C12H14N2O2S. The summed E-state index contributed by atoms with van der Waals surface area (Å²) in [6.45, 7) is 4.14. The first-order valence-electron chi connectivity index (χ1n) is 5.35. The lowest BCUT2D eigenvalue weighted by Crippen LogP contribution is -2.10. The predicted molar refractivity (Wildman–Crippen MR) is 65.3 cm³/mol. The molecular weight excluding hydrogens is 236 g/mol. The highest BCUT2D eigenvalue weighted by Gasteiger charge is 2.15. The molecule has 0 radical (unpaired) electrons. The fourth-order valence-corrected chi connectivity index (χ4v) is 2.65. The van der Waals surface area contributed by atoms with Gasteiger partial charge in [0, 0.05) is 12.4 Å². The molecule has 0 saturated carbocycles. The number of hydrogen-bond acceptors (Lipinski definition) is 3. The molecule has 0 aliphatic heterocycles. The lowest BCUT2D eigenvalue weighted by atomic mass is 10.0. The highest BCUT2D eigenvalue weighted by molar-refractivity contribution is 7.90. The minimum Gasteiger partial charge on any atom is -0.244 e. The van der Waals surface area contributed by atoms with Crippen molar-refractivity contribution >= 4 is 10.0 Å². The molecule has 1 aromatic carbocycles. The lowest BCUT2D eigenvalue weighted by molar-refractivity contribution is 0.587. The maximum Gasteiger partial charge on any atom is 0.268 e. The molecule has 0 aliphatic rings. The average Bonchev–Trinajstić information content (AvgIpc) is 2.83. The lowest BCUT2D eigenvalue weighted by Gasteiger charge is -2.08. The molecule has 4 nitrogen and oxygen atoms in total. The summed E-state index contributed by atoms with van der Waals surface area (Å²) in [7, 11) is -3.48. The molecule has 17 heavy (non-hydrogen) atoms. The van der Waals surface area contributed by atoms with E-state index in [1.54, 1.807) is 12.1 Å². The van der Waals surface area contributed by atoms with E-state index in [4.69, 9.17) is 0 Å². The van der Waals surface area contributed by atoms with Crippen molar-refractivity contribution in [3.63, 3.8) is 0 Å². The molecule has 0 aliphatic carbocycles. The van der Waals surface area contributed by atoms with Gasteiger partial charge in [-0.25, -0.2) is 17.4 Å². The van der Waals surface area contributed by atoms with Crippen molar-refractivity contribution in [3.8, 4) is 0 Å². The van der Waals surface area contributed by atoms with E-state index in [2.05, 4.69) is 18.8 Å². The third-order valence-electron chi connectivity index (χ3n) is 2.60. The SMILES string of the molecule is CC(C)c1ccc(S(=O)(=O)n2ccnc2)cc1. The molecule has 1 heterocycles. The van der Waals surface area contributed by atoms with Crippen molar-refractivity contribution in [3.05, 3.63) is 48.5 Å². The first-order chi connectivity index (χ1) is 8.01. The summed E-state index contributed by atoms with van der Waals surface area (Å²) in [5.74, 6) is 0.389. The minimum atomic E-state index is -3.48. The molecule has 2 rings (SSSR count). The summed E-state index contributed by atoms with van der Waals surface area (Å²) in [6.07, 6.45) is 4.15. The van der Waals surface area contributed by atoms with Gasteiger partial charge in [0.1, 0.15) is 6.33 Å². The highest BCUT2D eigenvalue weighted by atomic mass is 32.2. The summed E-state index contributed by atoms with van der Waals surface area (Å²) in [5.41, 5.74) is 1.12. The Morgan fingerprint density at radius 3 is 2.29 bits per heavy atom. The van der Waals surface area contributed by atoms with Gasteiger partial charge in [-0.1, -0.05) is 26.0 Å². The van der Waals surface area contributed by atoms with E-state index in [0.717, 1.165) is 9.54 Å². The van der Waals surface area contributed by atoms with Gasteiger partial charge in [-0.15, -0.1) is 0 Å². The molecule has 0 unspecified atom stereocenters. The van der Waals surface area contributed by atoms with E-state index in [1.165, 1.54) is 18.7 Å². The Morgan fingerprint density at radius 1 is 1.18 bits per heavy atom. The van der Waals surface area contributed by atoms with Crippen LogP contribution in [0.1, 0.15) is 25.3 Å². The topological polar surface area (TPSA) is 52.0 Å². The summed E-state index contributed by atoms with van der Waals surface area (Å²) >= 11 is 0. The minimum absolute atomic E-state index is 0.278. The van der Waals surface area contributed by atoms with Crippen LogP contribution in [0.5, 0.6) is 0 Å². The molecule has 0 bridgehead atoms. The van der Waals surface area contributed by atoms with Crippen LogP contribution >= 0.6 is 0 Å². The first kappa shape index (κ1) is 11.9. The van der Waals surface area contributed by atoms with Gasteiger partial charge >= 0.3 is 0 Å². The van der Waals surface area contributed by atoms with Crippen LogP contribution in [0.4, 0.5) is 0 Å². The van der Waals surface area contributed by atoms with Gasteiger partial charge in [0.15, 0.2) is 0 Å². The van der Waals surface area contributed by atoms with E-state index in [0.29, 0.717) is 5.92 Å². The second kappa shape index (κ2) is 4.33. The Morgan fingerprint density at radius 2 is 1.82 bits per heavy atom. The Bertz CT molecular complexity index is 584. The van der Waals surface area contributed by atoms with Gasteiger partial charge in [0.25, 0.3) is 10.0 Å². The number of imidazole rings is 1. The third-order valence-corrected chi connectivity index (χ3v) is 4.24. The van der Waals surface area contributed by atoms with Gasteiger partial charge in [0.2, 0.25) is 0 Å². The Balaban J connectivity index is 2.42. The van der Waals surface area contributed by atoms with Gasteiger partial charge in [-0.2, -0.15) is 0 Å². The number of hydrogen-bond donors (Lipinski definition) is 0. The first-order valence-corrected chi connectivity index (χ1v) is 6.79. The fourth-order valence-electron chi connectivity index (χ4n) is 1.54. The zero-order valence-electron chi connectivity index (χ0n) is 9.74. The second-order valence-electron chi connectivity index (χ2n) is 4.12. The van der Waals surface area contributed by atoms with Gasteiger partial charge < -0.3 is 0 Å². The van der Waals surface area contributed by atoms with Gasteiger partial charge in [0.05, 0.1) is 4.90 Å². The highest BCUT2D eigenvalue weighted by Crippen LogP contribution is 2.18. The van der Waals surface area contributed by atoms with Gasteiger partial charge in [-0.3, -0.25) is 0 Å². The summed E-state index contributed by atoms with van der Waals surface area (Å²) < 4.78 is 25.3. The van der Waals surface area contributed by atoms with Crippen LogP contribution in [0.25, 0.3) is 0 Å². The smallest absolute Gasteiger partial charge is 0.244 e. The number of benzene rings is 1. The monoisotopic (exact) mass is 250 g/mol. The second-order valence-corrected chi connectivity index (χ2v) is 5.96. The van der Waals surface area contributed by atoms with Crippen molar-refractivity contribution in [2.45, 2.75) is 24.7 Å². The maximum atomic E-state index is 12.1. The van der Waals surface area contributed by atoms with Crippen LogP contribution in [-0.4, -0.2) is 17.4 Å². The third kappa shape index (κ3) is 2.24. The van der Waals surface area contributed by atoms with E-state index in [1.807, 2.05) is 12.1 Å². The van der Waals surface area contributed by atoms with Crippen molar-refractivity contribution in [2.24, 2.45) is 0 Å². The molecule has 90 valence electrons. The van der Waals surface area contributed by atoms with Crippen LogP contribution < -0.4 is 0 Å². The van der Waals surface area contributed by atoms with Gasteiger partial charge in [-0.05, 0) is 23.6 Å². The molecule has 2 aromatic rings. The molecule has 0 saturated heterocycles. The molecule has 0 atom stereocenters. The summed E-state index contributed by atoms with van der Waals surface area (Å²) in [5, 5.41) is 0. The maximum absolute atomic E-state index is 12.1. The number of aromatic nitrogens is 2. The van der Waals surface area contributed by atoms with Crippen molar-refractivity contribution < 1.29 is 8.42 Å². The molecule has 5 heteroatoms. The van der Waals surface area contributed by atoms with Crippen LogP contribution in [0.3, 0.4) is 0 Å². The van der Waals surface area contributed by atoms with Crippen LogP contribution in [0.15, 0.2) is 47.9 Å². The Labute approximate surface area is 101 Å². The summed E-state index contributed by atoms with van der Waals surface area (Å²) in [4.78, 5) is 4.02. The normalized spacial score (nSPS) is 11.9. The average molecular weight is 250 g/mol. The quantitative estimate of drug-likeness (QED) is 0.839. The zero-order chi connectivity index (χ0) is 12.5. The standard InChI is InChI=1S/C12H14N2O2S/c1-10(2)11-3-5-12(6-4-11)17(15,16)14-8-7-13-9-14/h3-10H,1-2H3. The molecule has 0 fully saturated rings. The number of nitrogens with zero attached hydrogens (tertiary/aromatic N) is 2. The van der Waals surface area contributed by atoms with Crippen molar-refractivity contribution in [1.82, 2.24) is 8.96 Å². The largest absolute Gasteiger partial charge is 0.268 e. The molecule has 0 amide bonds. The summed E-state index contributed by atoms with van der Waals surface area (Å²) in [6, 6.07) is 6.94. The van der Waals surface area contributed by atoms with E-state index in [9.17, 15) is 8.42 Å². The van der Waals surface area contributed by atoms with Crippen molar-refractivity contribution in [2.75, 3.05) is 0 Å². The van der Waals surface area contributed by atoms with Crippen LogP contribution in [-0.2, 0) is 10.0 Å². The van der Waals surface area contributed by atoms with E-state index in [-0.39, 0.29) is 4.90 Å². The van der Waals surface area contributed by atoms with Crippen molar-refractivity contribution in [1.29, 1.82) is 0 Å². The fraction of sp³-hybridized carbons (Fsp3) is 0.250. The molecule has 0 N–H and O–H groups in total. The molecule has 1 aromatic heterocycles. The predicted octanol–water partition coefficient (Wildman–Crippen LogP) is 2.24. The Kier molecular flexibility index (Phi) is 3.02. The van der Waals surface area contributed by atoms with Crippen LogP contribution in [0, 0.1) is 0 Å². The van der Waals surface area contributed by atoms with E-state index >= 15 is 0 Å². The number of rotatable bonds is 3. The molecule has 0 spiro atoms. The van der Waals surface area contributed by atoms with E-state index < -0.39 is 10.0 Å². The van der Waals surface area contributed by atoms with Crippen LogP contribution in [0.2, 0.25) is 0 Å². The Hall–Kier alpha value is -1.62. The zero-order valence-corrected chi connectivity index (χ0v) is 10.6.